The van der Waals surface area contributed by atoms with E-state index in [1.807, 2.05) is 0 Å². The van der Waals surface area contributed by atoms with Crippen LogP contribution in [-0.2, 0) is 0 Å². The Kier molecular flexibility index (Phi) is 4.02. The van der Waals surface area contributed by atoms with Crippen LogP contribution in [0.2, 0.25) is 0 Å². The molecule has 1 aromatic carbocycles. The van der Waals surface area contributed by atoms with Crippen LogP contribution in [0.4, 0.5) is 5.69 Å². The van der Waals surface area contributed by atoms with Gasteiger partial charge >= 0.3 is 0 Å². The van der Waals surface area contributed by atoms with Crippen molar-refractivity contribution in [2.24, 2.45) is 11.7 Å². The quantitative estimate of drug-likeness (QED) is 0.786. The summed E-state index contributed by atoms with van der Waals surface area (Å²) in [5, 5.41) is 3.56. The minimum atomic E-state index is 0.298. The predicted molar refractivity (Wildman–Crippen MR) is 73.3 cm³/mol. The van der Waals surface area contributed by atoms with E-state index in [0.29, 0.717) is 12.6 Å². The third kappa shape index (κ3) is 3.45. The molecule has 2 rings (SSSR count). The van der Waals surface area contributed by atoms with Gasteiger partial charge in [0.25, 0.3) is 0 Å². The van der Waals surface area contributed by atoms with E-state index >= 15 is 0 Å². The summed E-state index contributed by atoms with van der Waals surface area (Å²) in [7, 11) is 4.11. The van der Waals surface area contributed by atoms with E-state index in [-0.39, 0.29) is 0 Å². The molecule has 1 saturated carbocycles. The first-order valence-corrected chi connectivity index (χ1v) is 6.41. The normalized spacial score (nSPS) is 16.9. The van der Waals surface area contributed by atoms with E-state index in [4.69, 9.17) is 5.73 Å². The van der Waals surface area contributed by atoms with Crippen LogP contribution < -0.4 is 16.0 Å². The molecule has 3 nitrogen and oxygen atoms in total. The monoisotopic (exact) mass is 233 g/mol. The zero-order valence-electron chi connectivity index (χ0n) is 10.8. The number of rotatable bonds is 6. The van der Waals surface area contributed by atoms with E-state index in [2.05, 4.69) is 48.6 Å². The summed E-state index contributed by atoms with van der Waals surface area (Å²) in [6, 6.07) is 8.94. The largest absolute Gasteiger partial charge is 0.378 e. The number of hydrogen-bond donors (Lipinski definition) is 2. The number of hydrogen-bond acceptors (Lipinski definition) is 3. The molecule has 1 aromatic rings. The third-order valence-corrected chi connectivity index (χ3v) is 3.40. The second-order valence-electron chi connectivity index (χ2n) is 5.13. The average Bonchev–Trinajstić information content (AvgIpc) is 3.14. The first-order chi connectivity index (χ1) is 8.20. The standard InChI is InChI=1S/C14H23N3/c1-17(2)13-7-5-12(6-8-13)14(9-15)16-10-11-3-4-11/h5-8,11,14,16H,3-4,9-10,15H2,1-2H3. The maximum Gasteiger partial charge on any atom is 0.0444 e. The Hall–Kier alpha value is -1.06. The molecule has 1 aliphatic rings. The first kappa shape index (κ1) is 12.4. The molecule has 3 heteroatoms. The molecule has 1 aliphatic carbocycles. The molecule has 0 amide bonds. The molecule has 0 bridgehead atoms. The number of anilines is 1. The minimum Gasteiger partial charge on any atom is -0.378 e. The second kappa shape index (κ2) is 5.52. The highest BCUT2D eigenvalue weighted by atomic mass is 15.1. The molecule has 17 heavy (non-hydrogen) atoms. The van der Waals surface area contributed by atoms with Crippen molar-refractivity contribution < 1.29 is 0 Å². The van der Waals surface area contributed by atoms with Crippen LogP contribution in [0.15, 0.2) is 24.3 Å². The van der Waals surface area contributed by atoms with Crippen LogP contribution in [0.25, 0.3) is 0 Å². The van der Waals surface area contributed by atoms with E-state index in [0.717, 1.165) is 12.5 Å². The van der Waals surface area contributed by atoms with Crippen molar-refractivity contribution in [1.82, 2.24) is 5.32 Å². The van der Waals surface area contributed by atoms with Gasteiger partial charge in [-0.25, -0.2) is 0 Å². The second-order valence-corrected chi connectivity index (χ2v) is 5.13. The summed E-state index contributed by atoms with van der Waals surface area (Å²) in [4.78, 5) is 2.11. The summed E-state index contributed by atoms with van der Waals surface area (Å²) in [6.07, 6.45) is 2.76. The van der Waals surface area contributed by atoms with Crippen molar-refractivity contribution in [3.63, 3.8) is 0 Å². The molecular weight excluding hydrogens is 210 g/mol. The lowest BCUT2D eigenvalue weighted by atomic mass is 10.1. The van der Waals surface area contributed by atoms with Crippen LogP contribution >= 0.6 is 0 Å². The van der Waals surface area contributed by atoms with Crippen LogP contribution in [0.3, 0.4) is 0 Å². The fourth-order valence-corrected chi connectivity index (χ4v) is 1.97. The molecular formula is C14H23N3. The molecule has 0 spiro atoms. The van der Waals surface area contributed by atoms with Gasteiger partial charge in [-0.15, -0.1) is 0 Å². The molecule has 94 valence electrons. The first-order valence-electron chi connectivity index (χ1n) is 6.41. The third-order valence-electron chi connectivity index (χ3n) is 3.40. The number of nitrogens with zero attached hydrogens (tertiary/aromatic N) is 1. The highest BCUT2D eigenvalue weighted by Crippen LogP contribution is 2.28. The summed E-state index contributed by atoms with van der Waals surface area (Å²) in [6.45, 7) is 1.77. The van der Waals surface area contributed by atoms with Gasteiger partial charge in [-0.1, -0.05) is 12.1 Å². The summed E-state index contributed by atoms with van der Waals surface area (Å²) in [5.41, 5.74) is 8.36. The zero-order chi connectivity index (χ0) is 12.3. The Balaban J connectivity index is 1.96. The van der Waals surface area contributed by atoms with Crippen molar-refractivity contribution in [3.8, 4) is 0 Å². The van der Waals surface area contributed by atoms with Gasteiger partial charge in [-0.2, -0.15) is 0 Å². The number of nitrogens with one attached hydrogen (secondary N) is 1. The highest BCUT2D eigenvalue weighted by molar-refractivity contribution is 5.46. The molecule has 1 fully saturated rings. The minimum absolute atomic E-state index is 0.298. The molecule has 0 saturated heterocycles. The smallest absolute Gasteiger partial charge is 0.0444 e. The van der Waals surface area contributed by atoms with Gasteiger partial charge in [-0.3, -0.25) is 0 Å². The van der Waals surface area contributed by atoms with Gasteiger partial charge in [0.1, 0.15) is 0 Å². The summed E-state index contributed by atoms with van der Waals surface area (Å²) < 4.78 is 0. The van der Waals surface area contributed by atoms with Crippen molar-refractivity contribution in [2.75, 3.05) is 32.1 Å². The zero-order valence-corrected chi connectivity index (χ0v) is 10.8. The van der Waals surface area contributed by atoms with Gasteiger partial charge < -0.3 is 16.0 Å². The molecule has 1 unspecified atom stereocenters. The van der Waals surface area contributed by atoms with Crippen LogP contribution in [0.5, 0.6) is 0 Å². The molecule has 1 atom stereocenters. The van der Waals surface area contributed by atoms with Gasteiger partial charge in [0.15, 0.2) is 0 Å². The van der Waals surface area contributed by atoms with E-state index in [1.165, 1.54) is 24.1 Å². The van der Waals surface area contributed by atoms with Crippen molar-refractivity contribution in [2.45, 2.75) is 18.9 Å². The Morgan fingerprint density at radius 1 is 1.29 bits per heavy atom. The Labute approximate surface area is 104 Å². The molecule has 0 heterocycles. The Bertz CT molecular complexity index is 341. The van der Waals surface area contributed by atoms with Gasteiger partial charge in [0.2, 0.25) is 0 Å². The SMILES string of the molecule is CN(C)c1ccc(C(CN)NCC2CC2)cc1. The summed E-state index contributed by atoms with van der Waals surface area (Å²) >= 11 is 0. The fourth-order valence-electron chi connectivity index (χ4n) is 1.97. The Morgan fingerprint density at radius 3 is 2.41 bits per heavy atom. The average molecular weight is 233 g/mol. The van der Waals surface area contributed by atoms with Crippen LogP contribution in [-0.4, -0.2) is 27.2 Å². The lowest BCUT2D eigenvalue weighted by molar-refractivity contribution is 0.522. The van der Waals surface area contributed by atoms with Crippen LogP contribution in [0, 0.1) is 5.92 Å². The van der Waals surface area contributed by atoms with Crippen molar-refractivity contribution in [3.05, 3.63) is 29.8 Å². The predicted octanol–water partition coefficient (Wildman–Crippen LogP) is 1.75. The van der Waals surface area contributed by atoms with E-state index < -0.39 is 0 Å². The van der Waals surface area contributed by atoms with Gasteiger partial charge in [0.05, 0.1) is 0 Å². The van der Waals surface area contributed by atoms with Crippen molar-refractivity contribution >= 4 is 5.69 Å². The van der Waals surface area contributed by atoms with E-state index in [9.17, 15) is 0 Å². The maximum absolute atomic E-state index is 5.84. The highest BCUT2D eigenvalue weighted by Gasteiger charge is 2.22. The van der Waals surface area contributed by atoms with Crippen molar-refractivity contribution in [1.29, 1.82) is 0 Å². The van der Waals surface area contributed by atoms with Gasteiger partial charge in [0, 0.05) is 32.4 Å². The lowest BCUT2D eigenvalue weighted by Crippen LogP contribution is -2.29. The Morgan fingerprint density at radius 2 is 1.94 bits per heavy atom. The van der Waals surface area contributed by atoms with Crippen LogP contribution in [0.1, 0.15) is 24.4 Å². The fraction of sp³-hybridized carbons (Fsp3) is 0.571. The lowest BCUT2D eigenvalue weighted by Gasteiger charge is -2.19. The molecule has 0 radical (unpaired) electrons. The number of benzene rings is 1. The van der Waals surface area contributed by atoms with Gasteiger partial charge in [-0.05, 0) is 43.0 Å². The maximum atomic E-state index is 5.84. The number of nitrogens with two attached hydrogens (primary N) is 1. The molecule has 0 aliphatic heterocycles. The topological polar surface area (TPSA) is 41.3 Å². The molecule has 3 N–H and O–H groups in total. The van der Waals surface area contributed by atoms with E-state index in [1.54, 1.807) is 0 Å². The summed E-state index contributed by atoms with van der Waals surface area (Å²) in [5.74, 6) is 0.894. The molecule has 0 aromatic heterocycles.